The molecule has 2 heterocycles. The van der Waals surface area contributed by atoms with Gasteiger partial charge in [0.05, 0.1) is 12.2 Å². The van der Waals surface area contributed by atoms with E-state index < -0.39 is 0 Å². The van der Waals surface area contributed by atoms with Crippen molar-refractivity contribution >= 4 is 5.91 Å². The van der Waals surface area contributed by atoms with Crippen molar-refractivity contribution in [2.45, 2.75) is 26.8 Å². The number of amides is 1. The van der Waals surface area contributed by atoms with Crippen molar-refractivity contribution < 1.29 is 9.32 Å². The molecule has 6 nitrogen and oxygen atoms in total. The number of aromatic nitrogens is 3. The zero-order valence-corrected chi connectivity index (χ0v) is 10.9. The Morgan fingerprint density at radius 3 is 2.72 bits per heavy atom. The summed E-state index contributed by atoms with van der Waals surface area (Å²) in [6.07, 6.45) is 1.76. The number of nitrogens with zero attached hydrogens (tertiary/aromatic N) is 3. The minimum absolute atomic E-state index is 0.122. The maximum absolute atomic E-state index is 11.9. The highest BCUT2D eigenvalue weighted by atomic mass is 16.5. The minimum atomic E-state index is -0.248. The number of hydrogen-bond donors (Lipinski definition) is 1. The van der Waals surface area contributed by atoms with Crippen LogP contribution in [0, 0.1) is 13.8 Å². The van der Waals surface area contributed by atoms with Crippen molar-refractivity contribution in [3.05, 3.63) is 35.0 Å². The fourth-order valence-corrected chi connectivity index (χ4v) is 1.76. The number of aryl methyl sites for hydroxylation is 2. The van der Waals surface area contributed by atoms with Crippen LogP contribution in [0.2, 0.25) is 0 Å². The average molecular weight is 248 g/mol. The zero-order chi connectivity index (χ0) is 13.3. The fourth-order valence-electron chi connectivity index (χ4n) is 1.76. The molecule has 0 saturated heterocycles. The zero-order valence-electron chi connectivity index (χ0n) is 10.9. The molecular weight excluding hydrogens is 232 g/mol. The molecule has 0 aliphatic rings. The molecule has 0 unspecified atom stereocenters. The Hall–Kier alpha value is -2.11. The molecule has 0 fully saturated rings. The SMILES string of the molecule is Cc1cc(C(=O)N[C@H](C)c2cnn(C)c2C)no1. The molecule has 1 N–H and O–H groups in total. The van der Waals surface area contributed by atoms with Crippen LogP contribution in [-0.2, 0) is 7.05 Å². The molecule has 0 aliphatic heterocycles. The third-order valence-corrected chi connectivity index (χ3v) is 2.95. The summed E-state index contributed by atoms with van der Waals surface area (Å²) in [7, 11) is 1.87. The van der Waals surface area contributed by atoms with E-state index in [1.165, 1.54) is 0 Å². The molecule has 0 aliphatic carbocycles. The van der Waals surface area contributed by atoms with E-state index in [2.05, 4.69) is 15.6 Å². The topological polar surface area (TPSA) is 73.0 Å². The summed E-state index contributed by atoms with van der Waals surface area (Å²) in [5.41, 5.74) is 2.31. The molecule has 2 aromatic heterocycles. The molecule has 1 atom stereocenters. The fraction of sp³-hybridized carbons (Fsp3) is 0.417. The summed E-state index contributed by atoms with van der Waals surface area (Å²) < 4.78 is 6.65. The number of nitrogens with one attached hydrogen (secondary N) is 1. The van der Waals surface area contributed by atoms with Gasteiger partial charge >= 0.3 is 0 Å². The van der Waals surface area contributed by atoms with E-state index in [1.807, 2.05) is 20.9 Å². The lowest BCUT2D eigenvalue weighted by molar-refractivity contribution is 0.0930. The Morgan fingerprint density at radius 2 is 2.22 bits per heavy atom. The molecule has 0 bridgehead atoms. The molecule has 1 amide bonds. The lowest BCUT2D eigenvalue weighted by Crippen LogP contribution is -2.27. The van der Waals surface area contributed by atoms with Gasteiger partial charge in [0.25, 0.3) is 5.91 Å². The van der Waals surface area contributed by atoms with Crippen LogP contribution in [0.1, 0.15) is 40.5 Å². The van der Waals surface area contributed by atoms with Crippen molar-refractivity contribution in [2.24, 2.45) is 7.05 Å². The average Bonchev–Trinajstić information content (AvgIpc) is 2.87. The second kappa shape index (κ2) is 4.64. The predicted octanol–water partition coefficient (Wildman–Crippen LogP) is 1.52. The van der Waals surface area contributed by atoms with Gasteiger partial charge in [-0.1, -0.05) is 5.16 Å². The quantitative estimate of drug-likeness (QED) is 0.893. The normalized spacial score (nSPS) is 12.4. The maximum Gasteiger partial charge on any atom is 0.273 e. The Bertz CT molecular complexity index is 570. The van der Waals surface area contributed by atoms with E-state index in [9.17, 15) is 4.79 Å². The largest absolute Gasteiger partial charge is 0.361 e. The predicted molar refractivity (Wildman–Crippen MR) is 65.1 cm³/mol. The van der Waals surface area contributed by atoms with Gasteiger partial charge < -0.3 is 9.84 Å². The molecule has 6 heteroatoms. The van der Waals surface area contributed by atoms with E-state index in [0.29, 0.717) is 11.5 Å². The van der Waals surface area contributed by atoms with Crippen LogP contribution in [0.4, 0.5) is 0 Å². The van der Waals surface area contributed by atoms with E-state index >= 15 is 0 Å². The van der Waals surface area contributed by atoms with Crippen LogP contribution in [0.25, 0.3) is 0 Å². The lowest BCUT2D eigenvalue weighted by Gasteiger charge is -2.12. The Morgan fingerprint density at radius 1 is 1.50 bits per heavy atom. The van der Waals surface area contributed by atoms with E-state index in [-0.39, 0.29) is 11.9 Å². The smallest absolute Gasteiger partial charge is 0.273 e. The Labute approximate surface area is 105 Å². The van der Waals surface area contributed by atoms with Gasteiger partial charge in [0, 0.05) is 24.4 Å². The number of hydrogen-bond acceptors (Lipinski definition) is 4. The van der Waals surface area contributed by atoms with Gasteiger partial charge in [-0.2, -0.15) is 5.10 Å². The molecule has 18 heavy (non-hydrogen) atoms. The minimum Gasteiger partial charge on any atom is -0.361 e. The van der Waals surface area contributed by atoms with Crippen LogP contribution >= 0.6 is 0 Å². The molecule has 0 aromatic carbocycles. The van der Waals surface area contributed by atoms with Crippen molar-refractivity contribution in [3.63, 3.8) is 0 Å². The second-order valence-electron chi connectivity index (χ2n) is 4.33. The first kappa shape index (κ1) is 12.3. The van der Waals surface area contributed by atoms with Gasteiger partial charge in [0.2, 0.25) is 0 Å². The number of carbonyl (C=O) groups excluding carboxylic acids is 1. The molecule has 2 aromatic rings. The van der Waals surface area contributed by atoms with Gasteiger partial charge in [-0.15, -0.1) is 0 Å². The van der Waals surface area contributed by atoms with Crippen LogP contribution < -0.4 is 5.32 Å². The molecule has 0 radical (unpaired) electrons. The molecule has 2 rings (SSSR count). The monoisotopic (exact) mass is 248 g/mol. The highest BCUT2D eigenvalue weighted by molar-refractivity contribution is 5.92. The maximum atomic E-state index is 11.9. The van der Waals surface area contributed by atoms with Crippen molar-refractivity contribution in [1.82, 2.24) is 20.3 Å². The van der Waals surface area contributed by atoms with Gasteiger partial charge in [0.15, 0.2) is 5.69 Å². The van der Waals surface area contributed by atoms with Gasteiger partial charge in [0.1, 0.15) is 5.76 Å². The van der Waals surface area contributed by atoms with E-state index in [4.69, 9.17) is 4.52 Å². The Balaban J connectivity index is 2.10. The van der Waals surface area contributed by atoms with Crippen LogP contribution in [0.15, 0.2) is 16.8 Å². The molecule has 0 spiro atoms. The first-order valence-corrected chi connectivity index (χ1v) is 5.71. The summed E-state index contributed by atoms with van der Waals surface area (Å²) in [5.74, 6) is 0.368. The van der Waals surface area contributed by atoms with Gasteiger partial charge in [-0.05, 0) is 20.8 Å². The third-order valence-electron chi connectivity index (χ3n) is 2.95. The van der Waals surface area contributed by atoms with Crippen LogP contribution in [-0.4, -0.2) is 20.8 Å². The molecule has 96 valence electrons. The summed E-state index contributed by atoms with van der Waals surface area (Å²) in [5, 5.41) is 10.7. The first-order valence-electron chi connectivity index (χ1n) is 5.71. The summed E-state index contributed by atoms with van der Waals surface area (Å²) in [6, 6.07) is 1.49. The summed E-state index contributed by atoms with van der Waals surface area (Å²) in [6.45, 7) is 5.62. The lowest BCUT2D eigenvalue weighted by atomic mass is 10.1. The third kappa shape index (κ3) is 2.27. The summed E-state index contributed by atoms with van der Waals surface area (Å²) in [4.78, 5) is 11.9. The van der Waals surface area contributed by atoms with Crippen LogP contribution in [0.3, 0.4) is 0 Å². The number of rotatable bonds is 3. The summed E-state index contributed by atoms with van der Waals surface area (Å²) >= 11 is 0. The van der Waals surface area contributed by atoms with Crippen molar-refractivity contribution in [2.75, 3.05) is 0 Å². The standard InChI is InChI=1S/C12H16N4O2/c1-7-5-11(15-18-7)12(17)14-8(2)10-6-13-16(4)9(10)3/h5-6,8H,1-4H3,(H,14,17)/t8-/m1/s1. The van der Waals surface area contributed by atoms with Crippen molar-refractivity contribution in [3.8, 4) is 0 Å². The second-order valence-corrected chi connectivity index (χ2v) is 4.33. The number of carbonyl (C=O) groups is 1. The van der Waals surface area contributed by atoms with Gasteiger partial charge in [-0.25, -0.2) is 0 Å². The molecule has 0 saturated carbocycles. The highest BCUT2D eigenvalue weighted by Gasteiger charge is 2.17. The van der Waals surface area contributed by atoms with Gasteiger partial charge in [-0.3, -0.25) is 9.48 Å². The van der Waals surface area contributed by atoms with E-state index in [0.717, 1.165) is 11.3 Å². The Kier molecular flexibility index (Phi) is 3.18. The molecular formula is C12H16N4O2. The van der Waals surface area contributed by atoms with E-state index in [1.54, 1.807) is 23.9 Å². The highest BCUT2D eigenvalue weighted by Crippen LogP contribution is 2.16. The first-order chi connectivity index (χ1) is 8.49. The van der Waals surface area contributed by atoms with Crippen LogP contribution in [0.5, 0.6) is 0 Å². The van der Waals surface area contributed by atoms with Crippen molar-refractivity contribution in [1.29, 1.82) is 0 Å².